The topological polar surface area (TPSA) is 40.2 Å². The van der Waals surface area contributed by atoms with Crippen LogP contribution in [-0.4, -0.2) is 38.7 Å². The van der Waals surface area contributed by atoms with Crippen LogP contribution in [0, 0.1) is 17.5 Å². The van der Waals surface area contributed by atoms with E-state index in [4.69, 9.17) is 18.6 Å². The van der Waals surface area contributed by atoms with Crippen LogP contribution in [0.15, 0.2) is 60.7 Å². The normalized spacial score (nSPS) is 18.6. The highest BCUT2D eigenvalue weighted by Crippen LogP contribution is 2.35. The Kier molecular flexibility index (Phi) is 6.41. The van der Waals surface area contributed by atoms with Gasteiger partial charge >= 0.3 is 14.2 Å². The Morgan fingerprint density at radius 3 is 1.36 bits per heavy atom. The second kappa shape index (κ2) is 9.26. The summed E-state index contributed by atoms with van der Waals surface area (Å²) in [4.78, 5) is 1.64. The Bertz CT molecular complexity index is 1160. The minimum atomic E-state index is -1.51. The van der Waals surface area contributed by atoms with Crippen LogP contribution in [-0.2, 0) is 18.6 Å². The van der Waals surface area contributed by atoms with E-state index in [-0.39, 0.29) is 16.9 Å². The number of rotatable bonds is 5. The second-order valence-electron chi connectivity index (χ2n) is 10.3. The summed E-state index contributed by atoms with van der Waals surface area (Å²) < 4.78 is 65.5. The molecule has 0 radical (unpaired) electrons. The van der Waals surface area contributed by atoms with Gasteiger partial charge in [-0.1, -0.05) is 24.3 Å². The Morgan fingerprint density at radius 2 is 1.03 bits per heavy atom. The van der Waals surface area contributed by atoms with E-state index in [1.165, 1.54) is 0 Å². The first-order valence-corrected chi connectivity index (χ1v) is 11.7. The molecule has 2 aliphatic rings. The minimum Gasteiger partial charge on any atom is -0.404 e. The van der Waals surface area contributed by atoms with Gasteiger partial charge in [-0.05, 0) is 62.9 Å². The average Bonchev–Trinajstić information content (AvgIpc) is 3.39. The monoisotopic (exact) mass is 495 g/mol. The molecule has 2 aliphatic heterocycles. The van der Waals surface area contributed by atoms with Gasteiger partial charge in [-0.3, -0.25) is 0 Å². The minimum absolute atomic E-state index is 0.135. The lowest BCUT2D eigenvalue weighted by Gasteiger charge is -2.26. The molecule has 2 heterocycles. The molecule has 0 saturated carbocycles. The van der Waals surface area contributed by atoms with E-state index < -0.39 is 31.7 Å². The molecule has 0 spiro atoms. The average molecular weight is 495 g/mol. The van der Waals surface area contributed by atoms with Crippen LogP contribution >= 0.6 is 0 Å². The first-order chi connectivity index (χ1) is 17.0. The first-order valence-electron chi connectivity index (χ1n) is 11.7. The summed E-state index contributed by atoms with van der Waals surface area (Å²) in [5.74, 6) is -4.05. The SMILES string of the molecule is CC1(C)COB(c2ccc(N(c3ccc(B4OCC(C)(C)O4)cc3)c3cc(F)c(F)c(F)c3)cc2)O1. The zero-order chi connectivity index (χ0) is 25.7. The molecular weight excluding hydrogens is 469 g/mol. The highest BCUT2D eigenvalue weighted by atomic mass is 19.2. The van der Waals surface area contributed by atoms with Gasteiger partial charge < -0.3 is 23.5 Å². The predicted molar refractivity (Wildman–Crippen MR) is 134 cm³/mol. The molecule has 0 bridgehead atoms. The molecule has 3 aromatic rings. The lowest BCUT2D eigenvalue weighted by Crippen LogP contribution is -2.34. The van der Waals surface area contributed by atoms with Gasteiger partial charge in [-0.15, -0.1) is 0 Å². The van der Waals surface area contributed by atoms with Crippen molar-refractivity contribution in [1.82, 2.24) is 0 Å². The molecule has 5 nitrogen and oxygen atoms in total. The van der Waals surface area contributed by atoms with Gasteiger partial charge in [0.25, 0.3) is 0 Å². The van der Waals surface area contributed by atoms with E-state index in [0.29, 0.717) is 24.6 Å². The summed E-state index contributed by atoms with van der Waals surface area (Å²) in [6, 6.07) is 16.5. The van der Waals surface area contributed by atoms with Gasteiger partial charge in [0.1, 0.15) is 0 Å². The zero-order valence-corrected chi connectivity index (χ0v) is 20.6. The molecule has 0 aromatic heterocycles. The fourth-order valence-electron chi connectivity index (χ4n) is 4.28. The molecule has 0 amide bonds. The van der Waals surface area contributed by atoms with E-state index in [1.807, 2.05) is 52.0 Å². The van der Waals surface area contributed by atoms with E-state index in [0.717, 1.165) is 23.1 Å². The van der Waals surface area contributed by atoms with Gasteiger partial charge in [0.2, 0.25) is 0 Å². The quantitative estimate of drug-likeness (QED) is 0.382. The Hall–Kier alpha value is -2.78. The van der Waals surface area contributed by atoms with E-state index in [9.17, 15) is 13.2 Å². The summed E-state index contributed by atoms with van der Waals surface area (Å²) in [6.07, 6.45) is 0. The summed E-state index contributed by atoms with van der Waals surface area (Å²) in [7, 11) is -1.00. The summed E-state index contributed by atoms with van der Waals surface area (Å²) in [6.45, 7) is 8.75. The fourth-order valence-corrected chi connectivity index (χ4v) is 4.28. The van der Waals surface area contributed by atoms with Crippen LogP contribution in [0.25, 0.3) is 0 Å². The van der Waals surface area contributed by atoms with Crippen LogP contribution in [0.4, 0.5) is 30.2 Å². The molecule has 0 atom stereocenters. The van der Waals surface area contributed by atoms with Crippen molar-refractivity contribution in [2.45, 2.75) is 38.9 Å². The maximum Gasteiger partial charge on any atom is 0.494 e. The highest BCUT2D eigenvalue weighted by molar-refractivity contribution is 6.62. The molecule has 0 aliphatic carbocycles. The molecule has 3 aromatic carbocycles. The zero-order valence-electron chi connectivity index (χ0n) is 20.6. The molecular formula is C26H26B2F3NO4. The number of hydrogen-bond acceptors (Lipinski definition) is 5. The number of hydrogen-bond donors (Lipinski definition) is 0. The van der Waals surface area contributed by atoms with Crippen LogP contribution in [0.2, 0.25) is 0 Å². The Labute approximate surface area is 209 Å². The van der Waals surface area contributed by atoms with E-state index in [2.05, 4.69) is 0 Å². The number of anilines is 3. The lowest BCUT2D eigenvalue weighted by molar-refractivity contribution is 0.137. The van der Waals surface area contributed by atoms with Crippen molar-refractivity contribution in [3.63, 3.8) is 0 Å². The van der Waals surface area contributed by atoms with Crippen LogP contribution in [0.1, 0.15) is 27.7 Å². The fraction of sp³-hybridized carbons (Fsp3) is 0.308. The molecule has 36 heavy (non-hydrogen) atoms. The predicted octanol–water partition coefficient (Wildman–Crippen LogP) is 4.61. The third kappa shape index (κ3) is 5.04. The van der Waals surface area contributed by atoms with E-state index >= 15 is 0 Å². The van der Waals surface area contributed by atoms with Crippen molar-refractivity contribution in [1.29, 1.82) is 0 Å². The Balaban J connectivity index is 1.49. The van der Waals surface area contributed by atoms with Gasteiger partial charge in [0, 0.05) is 23.5 Å². The first kappa shape index (κ1) is 24.9. The van der Waals surface area contributed by atoms with E-state index in [1.54, 1.807) is 29.2 Å². The summed E-state index contributed by atoms with van der Waals surface area (Å²) >= 11 is 0. The number of halogens is 3. The van der Waals surface area contributed by atoms with Crippen molar-refractivity contribution in [2.75, 3.05) is 18.1 Å². The van der Waals surface area contributed by atoms with Crippen molar-refractivity contribution in [3.8, 4) is 0 Å². The van der Waals surface area contributed by atoms with Crippen LogP contribution in [0.3, 0.4) is 0 Å². The van der Waals surface area contributed by atoms with Gasteiger partial charge in [0.15, 0.2) is 17.5 Å². The van der Waals surface area contributed by atoms with Crippen molar-refractivity contribution < 1.29 is 31.8 Å². The molecule has 0 N–H and O–H groups in total. The maximum atomic E-state index is 14.2. The van der Waals surface area contributed by atoms with Crippen molar-refractivity contribution >= 4 is 42.2 Å². The largest absolute Gasteiger partial charge is 0.494 e. The van der Waals surface area contributed by atoms with Crippen molar-refractivity contribution in [2.24, 2.45) is 0 Å². The number of nitrogens with zero attached hydrogens (tertiary/aromatic N) is 1. The molecule has 10 heteroatoms. The number of benzene rings is 3. The molecule has 2 fully saturated rings. The molecule has 0 unspecified atom stereocenters. The van der Waals surface area contributed by atoms with Crippen LogP contribution < -0.4 is 15.8 Å². The smallest absolute Gasteiger partial charge is 0.404 e. The molecule has 5 rings (SSSR count). The van der Waals surface area contributed by atoms with Crippen molar-refractivity contribution in [3.05, 3.63) is 78.1 Å². The van der Waals surface area contributed by atoms with Gasteiger partial charge in [-0.2, -0.15) is 0 Å². The molecule has 2 saturated heterocycles. The third-order valence-electron chi connectivity index (χ3n) is 6.09. The summed E-state index contributed by atoms with van der Waals surface area (Å²) in [5, 5.41) is 0. The maximum absolute atomic E-state index is 14.2. The third-order valence-corrected chi connectivity index (χ3v) is 6.09. The molecule has 186 valence electrons. The summed E-state index contributed by atoms with van der Waals surface area (Å²) in [5.41, 5.74) is 2.22. The highest BCUT2D eigenvalue weighted by Gasteiger charge is 2.39. The second-order valence-corrected chi connectivity index (χ2v) is 10.3. The van der Waals surface area contributed by atoms with Gasteiger partial charge in [0.05, 0.1) is 30.1 Å². The van der Waals surface area contributed by atoms with Crippen LogP contribution in [0.5, 0.6) is 0 Å². The lowest BCUT2D eigenvalue weighted by atomic mass is 9.79. The Morgan fingerprint density at radius 1 is 0.639 bits per heavy atom. The standard InChI is InChI=1S/C26H26B2F3NO4/c1-25(2)15-33-27(35-25)17-5-9-19(10-6-17)32(21-13-22(29)24(31)23(30)14-21)20-11-7-18(8-12-20)28-34-16-26(3,4)36-28/h5-14H,15-16H2,1-4H3. The van der Waals surface area contributed by atoms with Gasteiger partial charge in [-0.25, -0.2) is 13.2 Å².